The average molecular weight is 301 g/mol. The molecule has 0 aromatic rings. The van der Waals surface area contributed by atoms with Crippen LogP contribution in [0.4, 0.5) is 0 Å². The Balaban J connectivity index is 2.17. The monoisotopic (exact) mass is 301 g/mol. The van der Waals surface area contributed by atoms with E-state index in [9.17, 15) is 5.11 Å². The van der Waals surface area contributed by atoms with E-state index in [1.807, 2.05) is 0 Å². The van der Waals surface area contributed by atoms with Gasteiger partial charge < -0.3 is 19.9 Å². The Labute approximate surface area is 130 Å². The quantitative estimate of drug-likeness (QED) is 0.544. The SMILES string of the molecule is CCCNC1(CO)CCCC1CCOCCOCC(C)C. The van der Waals surface area contributed by atoms with E-state index in [0.29, 0.717) is 25.0 Å². The third kappa shape index (κ3) is 6.64. The van der Waals surface area contributed by atoms with Crippen molar-refractivity contribution in [3.05, 3.63) is 0 Å². The van der Waals surface area contributed by atoms with Crippen LogP contribution >= 0.6 is 0 Å². The van der Waals surface area contributed by atoms with Crippen LogP contribution in [0.25, 0.3) is 0 Å². The van der Waals surface area contributed by atoms with Crippen LogP contribution in [-0.4, -0.2) is 50.2 Å². The maximum absolute atomic E-state index is 9.81. The minimum absolute atomic E-state index is 0.0620. The molecule has 0 saturated heterocycles. The first kappa shape index (κ1) is 18.9. The second-order valence-corrected chi connectivity index (χ2v) is 6.70. The molecule has 0 heterocycles. The summed E-state index contributed by atoms with van der Waals surface area (Å²) in [7, 11) is 0. The molecule has 1 fully saturated rings. The van der Waals surface area contributed by atoms with Crippen molar-refractivity contribution in [2.75, 3.05) is 39.6 Å². The Bertz CT molecular complexity index is 260. The zero-order chi connectivity index (χ0) is 15.6. The van der Waals surface area contributed by atoms with E-state index in [-0.39, 0.29) is 12.1 Å². The molecule has 0 aliphatic heterocycles. The van der Waals surface area contributed by atoms with Crippen LogP contribution in [-0.2, 0) is 9.47 Å². The van der Waals surface area contributed by atoms with Gasteiger partial charge >= 0.3 is 0 Å². The summed E-state index contributed by atoms with van der Waals surface area (Å²) < 4.78 is 11.2. The van der Waals surface area contributed by atoms with Crippen LogP contribution < -0.4 is 5.32 Å². The molecule has 0 bridgehead atoms. The van der Waals surface area contributed by atoms with Crippen LogP contribution in [0, 0.1) is 11.8 Å². The van der Waals surface area contributed by atoms with Crippen molar-refractivity contribution in [2.45, 2.75) is 58.4 Å². The number of hydrogen-bond donors (Lipinski definition) is 2. The van der Waals surface area contributed by atoms with Gasteiger partial charge in [0.1, 0.15) is 0 Å². The molecule has 21 heavy (non-hydrogen) atoms. The van der Waals surface area contributed by atoms with Gasteiger partial charge in [-0.25, -0.2) is 0 Å². The molecular formula is C17H35NO3. The third-order valence-corrected chi connectivity index (χ3v) is 4.40. The van der Waals surface area contributed by atoms with Gasteiger partial charge in [0.05, 0.1) is 19.8 Å². The minimum atomic E-state index is -0.0620. The molecule has 0 aromatic heterocycles. The zero-order valence-electron chi connectivity index (χ0n) is 14.2. The van der Waals surface area contributed by atoms with Crippen molar-refractivity contribution in [1.29, 1.82) is 0 Å². The highest BCUT2D eigenvalue weighted by Crippen LogP contribution is 2.37. The molecule has 4 nitrogen and oxygen atoms in total. The fourth-order valence-corrected chi connectivity index (χ4v) is 3.20. The van der Waals surface area contributed by atoms with E-state index >= 15 is 0 Å². The number of hydrogen-bond acceptors (Lipinski definition) is 4. The lowest BCUT2D eigenvalue weighted by Gasteiger charge is -2.35. The van der Waals surface area contributed by atoms with Crippen LogP contribution in [0.1, 0.15) is 52.9 Å². The number of aliphatic hydroxyl groups is 1. The Morgan fingerprint density at radius 2 is 2.00 bits per heavy atom. The lowest BCUT2D eigenvalue weighted by molar-refractivity contribution is 0.0268. The van der Waals surface area contributed by atoms with Gasteiger partial charge in [0.15, 0.2) is 0 Å². The highest BCUT2D eigenvalue weighted by atomic mass is 16.5. The summed E-state index contributed by atoms with van der Waals surface area (Å²) in [6, 6.07) is 0. The topological polar surface area (TPSA) is 50.7 Å². The Morgan fingerprint density at radius 1 is 1.24 bits per heavy atom. The van der Waals surface area contributed by atoms with Gasteiger partial charge in [-0.05, 0) is 44.1 Å². The van der Waals surface area contributed by atoms with E-state index in [4.69, 9.17) is 9.47 Å². The molecule has 2 N–H and O–H groups in total. The predicted octanol–water partition coefficient (Wildman–Crippen LogP) is 2.60. The molecule has 126 valence electrons. The van der Waals surface area contributed by atoms with Crippen LogP contribution in [0.15, 0.2) is 0 Å². The number of aliphatic hydroxyl groups excluding tert-OH is 1. The molecule has 1 aliphatic rings. The average Bonchev–Trinajstić information content (AvgIpc) is 2.87. The molecule has 4 heteroatoms. The van der Waals surface area contributed by atoms with E-state index < -0.39 is 0 Å². The standard InChI is InChI=1S/C17H35NO3/c1-4-9-18-17(14-19)8-5-6-16(17)7-10-20-11-12-21-13-15(2)3/h15-16,18-19H,4-14H2,1-3H3. The van der Waals surface area contributed by atoms with E-state index in [1.165, 1.54) is 12.8 Å². The van der Waals surface area contributed by atoms with Gasteiger partial charge in [0.25, 0.3) is 0 Å². The van der Waals surface area contributed by atoms with Crippen LogP contribution in [0.2, 0.25) is 0 Å². The van der Waals surface area contributed by atoms with Crippen LogP contribution in [0.5, 0.6) is 0 Å². The van der Waals surface area contributed by atoms with Crippen molar-refractivity contribution >= 4 is 0 Å². The van der Waals surface area contributed by atoms with Gasteiger partial charge in [0.2, 0.25) is 0 Å². The van der Waals surface area contributed by atoms with E-state index in [2.05, 4.69) is 26.1 Å². The first-order valence-electron chi connectivity index (χ1n) is 8.66. The minimum Gasteiger partial charge on any atom is -0.394 e. The zero-order valence-corrected chi connectivity index (χ0v) is 14.2. The van der Waals surface area contributed by atoms with Gasteiger partial charge in [-0.1, -0.05) is 27.2 Å². The first-order valence-corrected chi connectivity index (χ1v) is 8.66. The summed E-state index contributed by atoms with van der Waals surface area (Å²) >= 11 is 0. The fraction of sp³-hybridized carbons (Fsp3) is 1.00. The van der Waals surface area contributed by atoms with Crippen molar-refractivity contribution < 1.29 is 14.6 Å². The second kappa shape index (κ2) is 10.5. The summed E-state index contributed by atoms with van der Waals surface area (Å²) in [6.07, 6.45) is 5.63. The smallest absolute Gasteiger partial charge is 0.0700 e. The maximum atomic E-state index is 9.81. The number of rotatable bonds is 12. The van der Waals surface area contributed by atoms with Crippen LogP contribution in [0.3, 0.4) is 0 Å². The highest BCUT2D eigenvalue weighted by molar-refractivity contribution is 4.98. The van der Waals surface area contributed by atoms with Gasteiger partial charge in [-0.15, -0.1) is 0 Å². The largest absolute Gasteiger partial charge is 0.394 e. The summed E-state index contributed by atoms with van der Waals surface area (Å²) in [5, 5.41) is 13.4. The molecule has 0 spiro atoms. The lowest BCUT2D eigenvalue weighted by Crippen LogP contribution is -2.51. The first-order chi connectivity index (χ1) is 10.1. The number of nitrogens with one attached hydrogen (secondary N) is 1. The molecule has 2 atom stereocenters. The molecular weight excluding hydrogens is 266 g/mol. The summed E-state index contributed by atoms with van der Waals surface area (Å²) in [6.45, 7) is 10.6. The molecule has 2 unspecified atom stereocenters. The molecule has 1 aliphatic carbocycles. The molecule has 1 rings (SSSR count). The highest BCUT2D eigenvalue weighted by Gasteiger charge is 2.41. The molecule has 1 saturated carbocycles. The summed E-state index contributed by atoms with van der Waals surface area (Å²) in [4.78, 5) is 0. The molecule has 0 aromatic carbocycles. The number of ether oxygens (including phenoxy) is 2. The van der Waals surface area contributed by atoms with Gasteiger partial charge in [-0.2, -0.15) is 0 Å². The second-order valence-electron chi connectivity index (χ2n) is 6.70. The Hall–Kier alpha value is -0.160. The summed E-state index contributed by atoms with van der Waals surface area (Å²) in [5.74, 6) is 1.11. The molecule has 0 amide bonds. The van der Waals surface area contributed by atoms with Crippen molar-refractivity contribution in [2.24, 2.45) is 11.8 Å². The summed E-state index contributed by atoms with van der Waals surface area (Å²) in [5.41, 5.74) is -0.0620. The van der Waals surface area contributed by atoms with Gasteiger partial charge in [0, 0.05) is 18.8 Å². The maximum Gasteiger partial charge on any atom is 0.0700 e. The van der Waals surface area contributed by atoms with Crippen molar-refractivity contribution in [3.8, 4) is 0 Å². The Kier molecular flexibility index (Phi) is 9.49. The van der Waals surface area contributed by atoms with E-state index in [0.717, 1.165) is 39.0 Å². The molecule has 0 radical (unpaired) electrons. The third-order valence-electron chi connectivity index (χ3n) is 4.40. The lowest BCUT2D eigenvalue weighted by atomic mass is 9.85. The van der Waals surface area contributed by atoms with Crippen molar-refractivity contribution in [1.82, 2.24) is 5.32 Å². The predicted molar refractivity (Wildman–Crippen MR) is 86.5 cm³/mol. The Morgan fingerprint density at radius 3 is 2.67 bits per heavy atom. The fourth-order valence-electron chi connectivity index (χ4n) is 3.20. The van der Waals surface area contributed by atoms with Crippen molar-refractivity contribution in [3.63, 3.8) is 0 Å². The normalized spacial score (nSPS) is 25.9. The van der Waals surface area contributed by atoms with Gasteiger partial charge in [-0.3, -0.25) is 0 Å². The van der Waals surface area contributed by atoms with E-state index in [1.54, 1.807) is 0 Å².